The number of benzene rings is 9. The number of fused-ring (bicyclic) bond motifs is 6. The average molecular weight is 814 g/mol. The molecular weight excluding hydrogens is 773 g/mol. The molecule has 12 rings (SSSR count). The second-order valence-corrected chi connectivity index (χ2v) is 15.2. The van der Waals surface area contributed by atoms with Crippen molar-refractivity contribution in [2.75, 3.05) is 4.90 Å². The van der Waals surface area contributed by atoms with Crippen LogP contribution in [0, 0.1) is 0 Å². The summed E-state index contributed by atoms with van der Waals surface area (Å²) in [7, 11) is 0. The van der Waals surface area contributed by atoms with Crippen molar-refractivity contribution in [2.45, 2.75) is 0 Å². The number of para-hydroxylation sites is 3. The zero-order valence-corrected chi connectivity index (χ0v) is 33.5. The highest BCUT2D eigenvalue weighted by molar-refractivity contribution is 6.16. The maximum Gasteiger partial charge on any atom is 0.167 e. The molecule has 0 spiro atoms. The Morgan fingerprint density at radius 2 is 0.889 bits per heavy atom. The summed E-state index contributed by atoms with van der Waals surface area (Å²) in [5.41, 5.74) is 10.1. The number of hydrogen-bond acceptors (Lipinski definition) is 6. The second-order valence-electron chi connectivity index (χ2n) is 15.2. The summed E-state index contributed by atoms with van der Waals surface area (Å²) in [5.74, 6) is 1.41. The van der Waals surface area contributed by atoms with Gasteiger partial charge in [-0.25, -0.2) is 15.0 Å². The molecule has 0 aliphatic carbocycles. The Kier molecular flexibility index (Phi) is 7.52. The highest BCUT2D eigenvalue weighted by Gasteiger charge is 2.25. The van der Waals surface area contributed by atoms with Gasteiger partial charge in [-0.1, -0.05) is 164 Å². The Morgan fingerprint density at radius 3 is 1.59 bits per heavy atom. The minimum atomic E-state index is -0.433. The summed E-state index contributed by atoms with van der Waals surface area (Å²) in [6.45, 7) is 0. The van der Waals surface area contributed by atoms with Gasteiger partial charge in [-0.05, 0) is 76.9 Å². The Hall–Kier alpha value is -8.61. The van der Waals surface area contributed by atoms with Gasteiger partial charge in [0.2, 0.25) is 0 Å². The quantitative estimate of drug-likeness (QED) is 0.152. The van der Waals surface area contributed by atoms with E-state index in [9.17, 15) is 0 Å². The lowest BCUT2D eigenvalue weighted by molar-refractivity contribution is 0.668. The Bertz CT molecular complexity index is 3890. The third-order valence-electron chi connectivity index (χ3n) is 11.4. The molecule has 0 saturated carbocycles. The fourth-order valence-corrected chi connectivity index (χ4v) is 8.47. The third-order valence-corrected chi connectivity index (χ3v) is 11.4. The summed E-state index contributed by atoms with van der Waals surface area (Å²) in [6, 6.07) is 60.0. The van der Waals surface area contributed by atoms with Crippen molar-refractivity contribution in [1.82, 2.24) is 15.0 Å². The van der Waals surface area contributed by atoms with Gasteiger partial charge in [-0.3, -0.25) is 0 Å². The molecule has 12 aromatic rings. The van der Waals surface area contributed by atoms with Gasteiger partial charge in [0.25, 0.3) is 0 Å². The van der Waals surface area contributed by atoms with Gasteiger partial charge in [0.1, 0.15) is 16.7 Å². The molecule has 0 fully saturated rings. The number of hydrogen-bond donors (Lipinski definition) is 0. The first-order chi connectivity index (χ1) is 33.3. The lowest BCUT2D eigenvalue weighted by atomic mass is 10.0. The SMILES string of the molecule is [2H]c1c([2H])c([2H])c(-c2ccc(N(c3ccc(-c4ccccc4)cc3)c3ccc(-c4nc(-c5ccccc5)nc(-c5cccc6c5oc5ccccc56)n4)c4c3oc3ccccc34)cc2)c([2H])c1[2H]. The average Bonchev–Trinajstić information content (AvgIpc) is 3.98. The predicted molar refractivity (Wildman–Crippen MR) is 256 cm³/mol. The zero-order chi connectivity index (χ0) is 46.0. The van der Waals surface area contributed by atoms with Crippen molar-refractivity contribution in [3.63, 3.8) is 0 Å². The zero-order valence-electron chi connectivity index (χ0n) is 38.5. The summed E-state index contributed by atoms with van der Waals surface area (Å²) < 4.78 is 55.5. The number of furan rings is 2. The molecule has 6 nitrogen and oxygen atoms in total. The van der Waals surface area contributed by atoms with Gasteiger partial charge in [0.15, 0.2) is 23.1 Å². The first kappa shape index (κ1) is 31.3. The third kappa shape index (κ3) is 6.40. The summed E-state index contributed by atoms with van der Waals surface area (Å²) in [4.78, 5) is 17.6. The van der Waals surface area contributed by atoms with Crippen LogP contribution >= 0.6 is 0 Å². The van der Waals surface area contributed by atoms with E-state index in [0.29, 0.717) is 39.8 Å². The second kappa shape index (κ2) is 15.1. The molecule has 6 heteroatoms. The molecule has 63 heavy (non-hydrogen) atoms. The van der Waals surface area contributed by atoms with Crippen molar-refractivity contribution in [3.8, 4) is 56.4 Å². The normalized spacial score (nSPS) is 12.6. The molecule has 3 heterocycles. The highest BCUT2D eigenvalue weighted by atomic mass is 16.3. The number of aromatic nitrogens is 3. The molecule has 296 valence electrons. The van der Waals surface area contributed by atoms with E-state index in [4.69, 9.17) is 30.6 Å². The van der Waals surface area contributed by atoms with E-state index in [2.05, 4.69) is 53.4 Å². The standard InChI is InChI=1S/C57H36N4O2/c1-4-15-37(16-5-1)39-27-31-42(32-28-39)61(43-33-29-40(30-34-43)38-17-6-2-7-18-38)49-36-35-47(52-46-22-11-13-26-51(46)63-54(49)52)56-58-55(41-19-8-3-9-20-41)59-57(60-56)48-24-14-23-45-44-21-10-12-25-50(44)62-53(45)48/h1-36H/i1D,4D,5D,15D,16D. The van der Waals surface area contributed by atoms with E-state index >= 15 is 0 Å². The van der Waals surface area contributed by atoms with Crippen LogP contribution < -0.4 is 4.90 Å². The molecule has 0 N–H and O–H groups in total. The van der Waals surface area contributed by atoms with E-state index in [0.717, 1.165) is 72.0 Å². The van der Waals surface area contributed by atoms with E-state index in [-0.39, 0.29) is 29.7 Å². The van der Waals surface area contributed by atoms with Crippen molar-refractivity contribution in [3.05, 3.63) is 218 Å². The van der Waals surface area contributed by atoms with Crippen LogP contribution in [0.4, 0.5) is 17.1 Å². The van der Waals surface area contributed by atoms with E-state index in [1.807, 2.05) is 127 Å². The molecule has 0 radical (unpaired) electrons. The summed E-state index contributed by atoms with van der Waals surface area (Å²) in [5, 5.41) is 3.65. The van der Waals surface area contributed by atoms with Gasteiger partial charge in [0.05, 0.1) is 18.1 Å². The first-order valence-electron chi connectivity index (χ1n) is 23.1. The first-order valence-corrected chi connectivity index (χ1v) is 20.6. The van der Waals surface area contributed by atoms with Crippen LogP contribution in [0.3, 0.4) is 0 Å². The largest absolute Gasteiger partial charge is 0.455 e. The Morgan fingerprint density at radius 1 is 0.365 bits per heavy atom. The molecule has 3 aromatic heterocycles. The summed E-state index contributed by atoms with van der Waals surface area (Å²) >= 11 is 0. The fraction of sp³-hybridized carbons (Fsp3) is 0. The maximum atomic E-state index is 8.67. The minimum absolute atomic E-state index is 0.133. The van der Waals surface area contributed by atoms with Gasteiger partial charge in [-0.2, -0.15) is 0 Å². The lowest BCUT2D eigenvalue weighted by Crippen LogP contribution is -2.10. The predicted octanol–water partition coefficient (Wildman–Crippen LogP) is 15.5. The van der Waals surface area contributed by atoms with Crippen LogP contribution in [0.15, 0.2) is 227 Å². The Labute approximate surface area is 370 Å². The van der Waals surface area contributed by atoms with Crippen LogP contribution in [0.1, 0.15) is 6.85 Å². The Balaban J connectivity index is 1.08. The summed E-state index contributed by atoms with van der Waals surface area (Å²) in [6.07, 6.45) is 0. The number of rotatable bonds is 8. The van der Waals surface area contributed by atoms with E-state index in [1.54, 1.807) is 12.1 Å². The lowest BCUT2D eigenvalue weighted by Gasteiger charge is -2.26. The van der Waals surface area contributed by atoms with E-state index < -0.39 is 6.04 Å². The minimum Gasteiger partial charge on any atom is -0.455 e. The highest BCUT2D eigenvalue weighted by Crippen LogP contribution is 2.46. The van der Waals surface area contributed by atoms with Crippen molar-refractivity contribution in [2.24, 2.45) is 0 Å². The van der Waals surface area contributed by atoms with Gasteiger partial charge < -0.3 is 13.7 Å². The fourth-order valence-electron chi connectivity index (χ4n) is 8.47. The van der Waals surface area contributed by atoms with Crippen molar-refractivity contribution < 1.29 is 15.7 Å². The van der Waals surface area contributed by atoms with Crippen LogP contribution in [-0.4, -0.2) is 15.0 Å². The molecule has 0 unspecified atom stereocenters. The van der Waals surface area contributed by atoms with Crippen LogP contribution in [0.25, 0.3) is 100 Å². The molecular formula is C57H36N4O2. The van der Waals surface area contributed by atoms with Crippen LogP contribution in [-0.2, 0) is 0 Å². The molecule has 0 saturated heterocycles. The smallest absolute Gasteiger partial charge is 0.167 e. The molecule has 0 aliphatic rings. The molecule has 0 aliphatic heterocycles. The molecule has 0 atom stereocenters. The molecule has 9 aromatic carbocycles. The van der Waals surface area contributed by atoms with Gasteiger partial charge in [-0.15, -0.1) is 0 Å². The monoisotopic (exact) mass is 813 g/mol. The molecule has 0 amide bonds. The number of anilines is 3. The van der Waals surface area contributed by atoms with Crippen molar-refractivity contribution >= 4 is 60.9 Å². The van der Waals surface area contributed by atoms with Crippen molar-refractivity contribution in [1.29, 1.82) is 0 Å². The van der Waals surface area contributed by atoms with Crippen LogP contribution in [0.5, 0.6) is 0 Å². The maximum absolute atomic E-state index is 8.67. The number of nitrogens with zero attached hydrogens (tertiary/aromatic N) is 4. The topological polar surface area (TPSA) is 68.2 Å². The van der Waals surface area contributed by atoms with E-state index in [1.165, 1.54) is 0 Å². The van der Waals surface area contributed by atoms with Crippen LogP contribution in [0.2, 0.25) is 0 Å². The van der Waals surface area contributed by atoms with Gasteiger partial charge >= 0.3 is 0 Å². The molecule has 0 bridgehead atoms. The van der Waals surface area contributed by atoms with Gasteiger partial charge in [0, 0.05) is 44.0 Å².